The van der Waals surface area contributed by atoms with E-state index in [1.54, 1.807) is 25.3 Å². The molecule has 1 amide bonds. The van der Waals surface area contributed by atoms with E-state index in [0.29, 0.717) is 11.3 Å². The number of H-pyrrole nitrogens is 1. The molecule has 0 fully saturated rings. The first-order chi connectivity index (χ1) is 13.7. The smallest absolute Gasteiger partial charge is 0.422 e. The summed E-state index contributed by atoms with van der Waals surface area (Å²) in [7, 11) is 0. The summed E-state index contributed by atoms with van der Waals surface area (Å²) in [5.74, 6) is -0.233. The molecule has 0 spiro atoms. The fourth-order valence-corrected chi connectivity index (χ4v) is 2.83. The minimum absolute atomic E-state index is 0.000547. The number of carbonyl (C=O) groups excluding carboxylic acids is 1. The maximum absolute atomic E-state index is 12.3. The molecule has 0 saturated carbocycles. The number of rotatable bonds is 6. The van der Waals surface area contributed by atoms with Crippen molar-refractivity contribution in [3.05, 3.63) is 59.5 Å². The number of aromatic nitrogens is 2. The summed E-state index contributed by atoms with van der Waals surface area (Å²) in [5, 5.41) is 12.6. The maximum atomic E-state index is 12.3. The summed E-state index contributed by atoms with van der Waals surface area (Å²) in [4.78, 5) is 19.4. The van der Waals surface area contributed by atoms with Gasteiger partial charge < -0.3 is 15.0 Å². The van der Waals surface area contributed by atoms with Crippen molar-refractivity contribution in [1.29, 1.82) is 5.26 Å². The summed E-state index contributed by atoms with van der Waals surface area (Å²) < 4.78 is 41.1. The number of ether oxygens (including phenoxy) is 1. The van der Waals surface area contributed by atoms with Crippen molar-refractivity contribution in [1.82, 2.24) is 15.3 Å². The first-order valence-corrected chi connectivity index (χ1v) is 8.70. The first kappa shape index (κ1) is 20.2. The molecule has 2 heterocycles. The largest absolute Gasteiger partial charge is 0.483 e. The van der Waals surface area contributed by atoms with Gasteiger partial charge in [0, 0.05) is 17.1 Å². The van der Waals surface area contributed by atoms with Gasteiger partial charge in [0.25, 0.3) is 0 Å². The molecular weight excluding hydrogens is 385 g/mol. The van der Waals surface area contributed by atoms with Gasteiger partial charge in [0.1, 0.15) is 11.8 Å². The van der Waals surface area contributed by atoms with Crippen molar-refractivity contribution in [2.45, 2.75) is 25.6 Å². The van der Waals surface area contributed by atoms with Crippen LogP contribution in [0.5, 0.6) is 5.75 Å². The van der Waals surface area contributed by atoms with E-state index in [4.69, 9.17) is 5.26 Å². The third kappa shape index (κ3) is 5.25. The van der Waals surface area contributed by atoms with Crippen LogP contribution in [0.25, 0.3) is 10.9 Å². The van der Waals surface area contributed by atoms with Gasteiger partial charge in [-0.15, -0.1) is 0 Å². The van der Waals surface area contributed by atoms with Gasteiger partial charge in [0.05, 0.1) is 29.9 Å². The van der Waals surface area contributed by atoms with E-state index in [1.807, 2.05) is 6.07 Å². The van der Waals surface area contributed by atoms with Crippen LogP contribution in [-0.4, -0.2) is 28.7 Å². The Morgan fingerprint density at radius 2 is 2.14 bits per heavy atom. The molecule has 0 bridgehead atoms. The van der Waals surface area contributed by atoms with Gasteiger partial charge in [-0.2, -0.15) is 18.4 Å². The highest BCUT2D eigenvalue weighted by Gasteiger charge is 2.28. The van der Waals surface area contributed by atoms with Crippen molar-refractivity contribution in [2.24, 2.45) is 0 Å². The predicted molar refractivity (Wildman–Crippen MR) is 99.1 cm³/mol. The molecule has 0 unspecified atom stereocenters. The monoisotopic (exact) mass is 402 g/mol. The average molecular weight is 402 g/mol. The second-order valence-corrected chi connectivity index (χ2v) is 6.48. The number of nitriles is 1. The Kier molecular flexibility index (Phi) is 5.73. The molecule has 0 saturated heterocycles. The average Bonchev–Trinajstić information content (AvgIpc) is 3.08. The number of aromatic amines is 1. The van der Waals surface area contributed by atoms with Gasteiger partial charge in [0.2, 0.25) is 5.91 Å². The number of amides is 1. The summed E-state index contributed by atoms with van der Waals surface area (Å²) in [5.41, 5.74) is 2.59. The number of halogens is 3. The van der Waals surface area contributed by atoms with Crippen molar-refractivity contribution < 1.29 is 22.7 Å². The highest BCUT2D eigenvalue weighted by molar-refractivity contribution is 5.87. The number of pyridine rings is 1. The third-order valence-electron chi connectivity index (χ3n) is 4.21. The van der Waals surface area contributed by atoms with E-state index in [2.05, 4.69) is 26.1 Å². The molecule has 2 aromatic heterocycles. The Morgan fingerprint density at radius 1 is 1.34 bits per heavy atom. The van der Waals surface area contributed by atoms with Crippen LogP contribution in [0.2, 0.25) is 0 Å². The van der Waals surface area contributed by atoms with E-state index in [9.17, 15) is 18.0 Å². The number of nitrogens with one attached hydrogen (secondary N) is 2. The second kappa shape index (κ2) is 8.22. The lowest BCUT2D eigenvalue weighted by atomic mass is 10.1. The lowest BCUT2D eigenvalue weighted by molar-refractivity contribution is -0.153. The third-order valence-corrected chi connectivity index (χ3v) is 4.21. The SMILES string of the molecule is C[C@@H](NC(=O)Cc1ccc2c(C#N)c[nH]c2c1)c1ccc(OCC(F)(F)F)cn1. The zero-order chi connectivity index (χ0) is 21.0. The molecular formula is C20H17F3N4O2. The molecule has 150 valence electrons. The van der Waals surface area contributed by atoms with Gasteiger partial charge in [-0.1, -0.05) is 12.1 Å². The van der Waals surface area contributed by atoms with Crippen molar-refractivity contribution in [2.75, 3.05) is 6.61 Å². The number of nitrogens with zero attached hydrogens (tertiary/aromatic N) is 2. The van der Waals surface area contributed by atoms with E-state index in [0.717, 1.165) is 16.5 Å². The highest BCUT2D eigenvalue weighted by Crippen LogP contribution is 2.21. The van der Waals surface area contributed by atoms with Crippen LogP contribution < -0.4 is 10.1 Å². The molecule has 1 atom stereocenters. The summed E-state index contributed by atoms with van der Waals surface area (Å²) in [6.45, 7) is 0.338. The van der Waals surface area contributed by atoms with Crippen molar-refractivity contribution in [3.63, 3.8) is 0 Å². The van der Waals surface area contributed by atoms with Crippen molar-refractivity contribution in [3.8, 4) is 11.8 Å². The minimum Gasteiger partial charge on any atom is -0.483 e. The standard InChI is InChI=1S/C20H17F3N4O2/c1-12(17-5-3-15(10-26-17)29-11-20(21,22)23)27-19(28)7-13-2-4-16-14(8-24)9-25-18(16)6-13/h2-6,9-10,12,25H,7,11H2,1H3,(H,27,28)/t12-/m1/s1. The Labute approximate surface area is 164 Å². The fraction of sp³-hybridized carbons (Fsp3) is 0.250. The van der Waals surface area contributed by atoms with Crippen LogP contribution in [0.1, 0.15) is 29.8 Å². The Hall–Kier alpha value is -3.54. The van der Waals surface area contributed by atoms with Gasteiger partial charge in [-0.25, -0.2) is 0 Å². The molecule has 6 nitrogen and oxygen atoms in total. The number of hydrogen-bond donors (Lipinski definition) is 2. The number of alkyl halides is 3. The molecule has 9 heteroatoms. The van der Waals surface area contributed by atoms with Crippen LogP contribution in [0.3, 0.4) is 0 Å². The normalized spacial score (nSPS) is 12.4. The van der Waals surface area contributed by atoms with Crippen molar-refractivity contribution >= 4 is 16.8 Å². The maximum Gasteiger partial charge on any atom is 0.422 e. The molecule has 0 aliphatic rings. The molecule has 0 aliphatic carbocycles. The highest BCUT2D eigenvalue weighted by atomic mass is 19.4. The number of fused-ring (bicyclic) bond motifs is 1. The van der Waals surface area contributed by atoms with E-state index < -0.39 is 18.8 Å². The molecule has 3 aromatic rings. The molecule has 1 aromatic carbocycles. The summed E-state index contributed by atoms with van der Waals surface area (Å²) in [6, 6.07) is 9.93. The molecule has 0 radical (unpaired) electrons. The van der Waals surface area contributed by atoms with Gasteiger partial charge in [0.15, 0.2) is 6.61 Å². The van der Waals surface area contributed by atoms with E-state index in [1.165, 1.54) is 18.3 Å². The zero-order valence-electron chi connectivity index (χ0n) is 15.4. The molecule has 2 N–H and O–H groups in total. The molecule has 0 aliphatic heterocycles. The lowest BCUT2D eigenvalue weighted by Crippen LogP contribution is -2.28. The quantitative estimate of drug-likeness (QED) is 0.656. The van der Waals surface area contributed by atoms with Gasteiger partial charge in [-0.05, 0) is 30.7 Å². The Balaban J connectivity index is 1.58. The van der Waals surface area contributed by atoms with Crippen LogP contribution >= 0.6 is 0 Å². The summed E-state index contributed by atoms with van der Waals surface area (Å²) in [6.07, 6.45) is -1.48. The minimum atomic E-state index is -4.42. The van der Waals surface area contributed by atoms with Crippen LogP contribution in [0.4, 0.5) is 13.2 Å². The molecule has 29 heavy (non-hydrogen) atoms. The summed E-state index contributed by atoms with van der Waals surface area (Å²) >= 11 is 0. The number of benzene rings is 1. The predicted octanol–water partition coefficient (Wildman–Crippen LogP) is 3.80. The number of hydrogen-bond acceptors (Lipinski definition) is 4. The molecule has 3 rings (SSSR count). The zero-order valence-corrected chi connectivity index (χ0v) is 15.4. The van der Waals surface area contributed by atoms with E-state index >= 15 is 0 Å². The van der Waals surface area contributed by atoms with Crippen LogP contribution in [-0.2, 0) is 11.2 Å². The Morgan fingerprint density at radius 3 is 2.79 bits per heavy atom. The fourth-order valence-electron chi connectivity index (χ4n) is 2.83. The topological polar surface area (TPSA) is 90.8 Å². The lowest BCUT2D eigenvalue weighted by Gasteiger charge is -2.14. The van der Waals surface area contributed by atoms with E-state index in [-0.39, 0.29) is 18.1 Å². The van der Waals surface area contributed by atoms with Crippen LogP contribution in [0.15, 0.2) is 42.7 Å². The Bertz CT molecular complexity index is 1050. The van der Waals surface area contributed by atoms with Gasteiger partial charge >= 0.3 is 6.18 Å². The van der Waals surface area contributed by atoms with Crippen LogP contribution in [0, 0.1) is 11.3 Å². The van der Waals surface area contributed by atoms with Gasteiger partial charge in [-0.3, -0.25) is 9.78 Å². The second-order valence-electron chi connectivity index (χ2n) is 6.48. The first-order valence-electron chi connectivity index (χ1n) is 8.70. The number of carbonyl (C=O) groups is 1.